The summed E-state index contributed by atoms with van der Waals surface area (Å²) in [4.78, 5) is 42.8. The van der Waals surface area contributed by atoms with Gasteiger partial charge >= 0.3 is 0 Å². The molecule has 2 heterocycles. The van der Waals surface area contributed by atoms with E-state index in [1.54, 1.807) is 15.6 Å². The summed E-state index contributed by atoms with van der Waals surface area (Å²) < 4.78 is 1.66. The van der Waals surface area contributed by atoms with Crippen LogP contribution in [0.4, 0.5) is 0 Å². The zero-order valence-electron chi connectivity index (χ0n) is 22.3. The molecule has 0 atom stereocenters. The molecule has 8 heteroatoms. The molecule has 200 valence electrons. The lowest BCUT2D eigenvalue weighted by atomic mass is 10.1. The first-order valence-corrected chi connectivity index (χ1v) is 13.4. The lowest BCUT2D eigenvalue weighted by Gasteiger charge is -2.23. The van der Waals surface area contributed by atoms with E-state index in [4.69, 9.17) is 0 Å². The molecule has 8 nitrogen and oxygen atoms in total. The fraction of sp³-hybridized carbons (Fsp3) is 0.400. The first-order chi connectivity index (χ1) is 18.4. The third-order valence-electron chi connectivity index (χ3n) is 6.58. The highest BCUT2D eigenvalue weighted by molar-refractivity contribution is 5.98. The Morgan fingerprint density at radius 1 is 1.00 bits per heavy atom. The molecular formula is C30H37N5O3. The normalized spacial score (nSPS) is 13.2. The van der Waals surface area contributed by atoms with Crippen LogP contribution in [0.25, 0.3) is 0 Å². The van der Waals surface area contributed by atoms with Gasteiger partial charge in [0.05, 0.1) is 0 Å². The van der Waals surface area contributed by atoms with Crippen molar-refractivity contribution in [1.82, 2.24) is 24.9 Å². The molecule has 0 bridgehead atoms. The Hall–Kier alpha value is -3.94. The first kappa shape index (κ1) is 27.1. The van der Waals surface area contributed by atoms with Gasteiger partial charge in [-0.1, -0.05) is 74.5 Å². The van der Waals surface area contributed by atoms with Crippen molar-refractivity contribution in [2.24, 2.45) is 5.92 Å². The Morgan fingerprint density at radius 3 is 2.37 bits per heavy atom. The molecule has 0 saturated carbocycles. The Balaban J connectivity index is 1.38. The molecule has 0 spiro atoms. The third-order valence-corrected chi connectivity index (χ3v) is 6.58. The van der Waals surface area contributed by atoms with Crippen molar-refractivity contribution in [3.63, 3.8) is 0 Å². The second-order valence-corrected chi connectivity index (χ2v) is 10.2. The number of carbonyl (C=O) groups is 3. The Kier molecular flexibility index (Phi) is 9.30. The van der Waals surface area contributed by atoms with E-state index < -0.39 is 0 Å². The van der Waals surface area contributed by atoms with Gasteiger partial charge < -0.3 is 15.1 Å². The van der Waals surface area contributed by atoms with Crippen molar-refractivity contribution in [1.29, 1.82) is 0 Å². The zero-order valence-corrected chi connectivity index (χ0v) is 22.3. The summed E-state index contributed by atoms with van der Waals surface area (Å²) in [5.74, 6) is -0.233. The van der Waals surface area contributed by atoms with Gasteiger partial charge in [0.15, 0.2) is 5.69 Å². The van der Waals surface area contributed by atoms with Crippen molar-refractivity contribution in [2.45, 2.75) is 46.2 Å². The van der Waals surface area contributed by atoms with E-state index in [1.807, 2.05) is 79.4 Å². The van der Waals surface area contributed by atoms with Crippen molar-refractivity contribution in [3.8, 4) is 0 Å². The Labute approximate surface area is 224 Å². The van der Waals surface area contributed by atoms with Crippen LogP contribution in [0, 0.1) is 5.92 Å². The van der Waals surface area contributed by atoms with Gasteiger partial charge in [0.1, 0.15) is 5.69 Å². The van der Waals surface area contributed by atoms with E-state index in [0.717, 1.165) is 18.4 Å². The molecule has 0 unspecified atom stereocenters. The Morgan fingerprint density at radius 2 is 1.68 bits per heavy atom. The van der Waals surface area contributed by atoms with Crippen LogP contribution in [-0.4, -0.2) is 63.5 Å². The van der Waals surface area contributed by atoms with Crippen LogP contribution >= 0.6 is 0 Å². The zero-order chi connectivity index (χ0) is 26.9. The number of aryl methyl sites for hydroxylation is 1. The summed E-state index contributed by atoms with van der Waals surface area (Å²) in [5.41, 5.74) is 2.92. The minimum absolute atomic E-state index is 0.0881. The van der Waals surface area contributed by atoms with Crippen molar-refractivity contribution >= 4 is 17.7 Å². The van der Waals surface area contributed by atoms with E-state index in [9.17, 15) is 14.4 Å². The summed E-state index contributed by atoms with van der Waals surface area (Å²) in [6, 6.07) is 21.5. The number of fused-ring (bicyclic) bond motifs is 1. The number of carbonyl (C=O) groups excluding carboxylic acids is 3. The average molecular weight is 516 g/mol. The van der Waals surface area contributed by atoms with Gasteiger partial charge in [0.2, 0.25) is 5.91 Å². The van der Waals surface area contributed by atoms with Crippen molar-refractivity contribution in [2.75, 3.05) is 26.2 Å². The number of benzene rings is 2. The number of nitrogens with zero attached hydrogens (tertiary/aromatic N) is 4. The molecule has 0 fully saturated rings. The molecule has 3 aromatic rings. The lowest BCUT2D eigenvalue weighted by molar-refractivity contribution is -0.121. The fourth-order valence-electron chi connectivity index (χ4n) is 4.69. The van der Waals surface area contributed by atoms with Gasteiger partial charge in [0.25, 0.3) is 11.8 Å². The van der Waals surface area contributed by atoms with E-state index in [2.05, 4.69) is 10.4 Å². The van der Waals surface area contributed by atoms with Gasteiger partial charge in [-0.05, 0) is 29.9 Å². The molecule has 1 N–H and O–H groups in total. The number of hydrogen-bond donors (Lipinski definition) is 1. The lowest BCUT2D eigenvalue weighted by Crippen LogP contribution is -2.38. The minimum atomic E-state index is -0.251. The van der Waals surface area contributed by atoms with Crippen LogP contribution in [-0.2, 0) is 24.3 Å². The van der Waals surface area contributed by atoms with Gasteiger partial charge in [-0.3, -0.25) is 19.1 Å². The number of hydrogen-bond acceptors (Lipinski definition) is 4. The minimum Gasteiger partial charge on any atom is -0.356 e. The molecule has 4 rings (SSSR count). The van der Waals surface area contributed by atoms with Crippen molar-refractivity contribution in [3.05, 3.63) is 89.2 Å². The summed E-state index contributed by atoms with van der Waals surface area (Å²) in [7, 11) is 0. The molecule has 2 aromatic carbocycles. The predicted molar refractivity (Wildman–Crippen MR) is 147 cm³/mol. The van der Waals surface area contributed by atoms with Crippen LogP contribution in [0.1, 0.15) is 58.8 Å². The van der Waals surface area contributed by atoms with Gasteiger partial charge in [-0.15, -0.1) is 0 Å². The molecule has 38 heavy (non-hydrogen) atoms. The smallest absolute Gasteiger partial charge is 0.274 e. The van der Waals surface area contributed by atoms with Crippen LogP contribution < -0.4 is 5.32 Å². The average Bonchev–Trinajstić information content (AvgIpc) is 3.29. The van der Waals surface area contributed by atoms with Crippen molar-refractivity contribution < 1.29 is 14.4 Å². The number of rotatable bonds is 11. The predicted octanol–water partition coefficient (Wildman–Crippen LogP) is 3.78. The maximum atomic E-state index is 13.5. The highest BCUT2D eigenvalue weighted by Crippen LogP contribution is 2.18. The van der Waals surface area contributed by atoms with Crippen LogP contribution in [0.5, 0.6) is 0 Å². The highest BCUT2D eigenvalue weighted by atomic mass is 16.2. The standard InChI is InChI=1S/C30H37N5O3/c1-23(2)21-34(19-15-28(36)31-16-14-24-10-5-3-6-11-24)29(37)26-20-27-30(38)33(17-9-18-35(27)32-26)22-25-12-7-4-8-13-25/h3-8,10-13,20,23H,9,14-19,21-22H2,1-2H3,(H,31,36). The Bertz CT molecular complexity index is 1220. The first-order valence-electron chi connectivity index (χ1n) is 13.4. The van der Waals surface area contributed by atoms with E-state index in [0.29, 0.717) is 45.0 Å². The third kappa shape index (κ3) is 7.31. The summed E-state index contributed by atoms with van der Waals surface area (Å²) in [5, 5.41) is 7.47. The number of amides is 3. The van der Waals surface area contributed by atoms with Crippen LogP contribution in [0.15, 0.2) is 66.7 Å². The van der Waals surface area contributed by atoms with E-state index >= 15 is 0 Å². The van der Waals surface area contributed by atoms with E-state index in [-0.39, 0.29) is 35.8 Å². The molecule has 0 aliphatic carbocycles. The van der Waals surface area contributed by atoms with E-state index in [1.165, 1.54) is 5.56 Å². The highest BCUT2D eigenvalue weighted by Gasteiger charge is 2.28. The summed E-state index contributed by atoms with van der Waals surface area (Å²) in [6.45, 7) is 7.16. The molecule has 0 saturated heterocycles. The van der Waals surface area contributed by atoms with Crippen LogP contribution in [0.2, 0.25) is 0 Å². The maximum Gasteiger partial charge on any atom is 0.274 e. The molecular weight excluding hydrogens is 478 g/mol. The fourth-order valence-corrected chi connectivity index (χ4v) is 4.69. The molecule has 3 amide bonds. The quantitative estimate of drug-likeness (QED) is 0.421. The monoisotopic (exact) mass is 515 g/mol. The molecule has 1 aliphatic heterocycles. The topological polar surface area (TPSA) is 87.5 Å². The summed E-state index contributed by atoms with van der Waals surface area (Å²) in [6.07, 6.45) is 1.74. The van der Waals surface area contributed by atoms with Gasteiger partial charge in [0, 0.05) is 51.8 Å². The molecule has 0 radical (unpaired) electrons. The SMILES string of the molecule is CC(C)CN(CCC(=O)NCCc1ccccc1)C(=O)c1cc2n(n1)CCCN(Cc1ccccc1)C2=O. The van der Waals surface area contributed by atoms with Crippen LogP contribution in [0.3, 0.4) is 0 Å². The number of aromatic nitrogens is 2. The second kappa shape index (κ2) is 13.0. The van der Waals surface area contributed by atoms with Gasteiger partial charge in [-0.25, -0.2) is 0 Å². The largest absolute Gasteiger partial charge is 0.356 e. The maximum absolute atomic E-state index is 13.5. The second-order valence-electron chi connectivity index (χ2n) is 10.2. The molecule has 1 aromatic heterocycles. The summed E-state index contributed by atoms with van der Waals surface area (Å²) >= 11 is 0. The molecule has 1 aliphatic rings. The number of nitrogens with one attached hydrogen (secondary N) is 1. The van der Waals surface area contributed by atoms with Gasteiger partial charge in [-0.2, -0.15) is 5.10 Å².